The Hall–Kier alpha value is -4.39. The molecule has 35 heavy (non-hydrogen) atoms. The molecular formula is C28H27N3O4. The Morgan fingerprint density at radius 3 is 2.31 bits per heavy atom. The summed E-state index contributed by atoms with van der Waals surface area (Å²) in [5.74, 6) is -0.237. The van der Waals surface area contributed by atoms with Crippen LogP contribution in [-0.4, -0.2) is 36.9 Å². The van der Waals surface area contributed by atoms with Crippen molar-refractivity contribution in [2.45, 2.75) is 20.8 Å². The number of esters is 1. The molecule has 4 aromatic rings. The molecule has 0 saturated heterocycles. The first-order chi connectivity index (χ1) is 16.8. The summed E-state index contributed by atoms with van der Waals surface area (Å²) in [4.78, 5) is 24.7. The minimum Gasteiger partial charge on any atom is -0.496 e. The second-order valence-corrected chi connectivity index (χ2v) is 8.25. The lowest BCUT2D eigenvalue weighted by Gasteiger charge is -2.13. The molecule has 7 heteroatoms. The number of aromatic nitrogens is 1. The van der Waals surface area contributed by atoms with Crippen LogP contribution in [0, 0.1) is 20.8 Å². The molecule has 0 aliphatic rings. The fourth-order valence-electron chi connectivity index (χ4n) is 4.23. The van der Waals surface area contributed by atoms with Crippen LogP contribution >= 0.6 is 0 Å². The lowest BCUT2D eigenvalue weighted by Crippen LogP contribution is -2.18. The van der Waals surface area contributed by atoms with E-state index in [4.69, 9.17) is 9.47 Å². The van der Waals surface area contributed by atoms with Gasteiger partial charge in [-0.05, 0) is 73.5 Å². The van der Waals surface area contributed by atoms with Crippen molar-refractivity contribution in [3.05, 3.63) is 94.3 Å². The maximum Gasteiger partial charge on any atom is 0.337 e. The topological polar surface area (TPSA) is 81.9 Å². The number of hydrogen-bond acceptors (Lipinski definition) is 5. The Morgan fingerprint density at radius 1 is 0.943 bits per heavy atom. The van der Waals surface area contributed by atoms with Crippen molar-refractivity contribution < 1.29 is 19.1 Å². The first kappa shape index (κ1) is 23.8. The summed E-state index contributed by atoms with van der Waals surface area (Å²) in [6, 6.07) is 18.9. The third kappa shape index (κ3) is 4.66. The number of benzene rings is 3. The van der Waals surface area contributed by atoms with Gasteiger partial charge in [-0.1, -0.05) is 24.3 Å². The first-order valence-corrected chi connectivity index (χ1v) is 11.1. The lowest BCUT2D eigenvalue weighted by molar-refractivity contribution is 0.0600. The highest BCUT2D eigenvalue weighted by Crippen LogP contribution is 2.26. The van der Waals surface area contributed by atoms with Crippen molar-refractivity contribution in [2.24, 2.45) is 5.10 Å². The Kier molecular flexibility index (Phi) is 6.68. The van der Waals surface area contributed by atoms with Gasteiger partial charge in [0.05, 0.1) is 31.6 Å². The highest BCUT2D eigenvalue weighted by atomic mass is 16.5. The van der Waals surface area contributed by atoms with Crippen molar-refractivity contribution in [3.63, 3.8) is 0 Å². The summed E-state index contributed by atoms with van der Waals surface area (Å²) >= 11 is 0. The van der Waals surface area contributed by atoms with E-state index < -0.39 is 0 Å². The first-order valence-electron chi connectivity index (χ1n) is 11.1. The van der Waals surface area contributed by atoms with Gasteiger partial charge in [0.2, 0.25) is 0 Å². The van der Waals surface area contributed by atoms with Crippen LogP contribution in [0.4, 0.5) is 0 Å². The van der Waals surface area contributed by atoms with Gasteiger partial charge in [0.1, 0.15) is 5.75 Å². The predicted molar refractivity (Wildman–Crippen MR) is 137 cm³/mol. The van der Waals surface area contributed by atoms with Crippen LogP contribution in [-0.2, 0) is 4.74 Å². The Morgan fingerprint density at radius 2 is 1.66 bits per heavy atom. The molecular weight excluding hydrogens is 442 g/mol. The Bertz CT molecular complexity index is 1470. The van der Waals surface area contributed by atoms with Crippen molar-refractivity contribution in [3.8, 4) is 11.4 Å². The molecule has 178 valence electrons. The van der Waals surface area contributed by atoms with Gasteiger partial charge in [-0.3, -0.25) is 4.79 Å². The van der Waals surface area contributed by atoms with Gasteiger partial charge in [-0.2, -0.15) is 5.10 Å². The lowest BCUT2D eigenvalue weighted by atomic mass is 10.1. The van der Waals surface area contributed by atoms with Crippen LogP contribution < -0.4 is 10.2 Å². The molecule has 0 unspecified atom stereocenters. The molecule has 0 saturated carbocycles. The number of fused-ring (bicyclic) bond motifs is 1. The van der Waals surface area contributed by atoms with E-state index >= 15 is 0 Å². The summed E-state index contributed by atoms with van der Waals surface area (Å²) in [7, 11) is 2.91. The van der Waals surface area contributed by atoms with E-state index in [1.165, 1.54) is 7.11 Å². The molecule has 3 aromatic carbocycles. The van der Waals surface area contributed by atoms with E-state index in [0.29, 0.717) is 16.9 Å². The van der Waals surface area contributed by atoms with Gasteiger partial charge in [0.25, 0.3) is 5.91 Å². The number of amides is 1. The van der Waals surface area contributed by atoms with E-state index in [1.54, 1.807) is 25.5 Å². The van der Waals surface area contributed by atoms with Crippen LogP contribution in [0.3, 0.4) is 0 Å². The third-order valence-corrected chi connectivity index (χ3v) is 6.01. The highest BCUT2D eigenvalue weighted by Gasteiger charge is 2.15. The summed E-state index contributed by atoms with van der Waals surface area (Å²) in [6.07, 6.45) is 1.63. The molecule has 1 aromatic heterocycles. The molecule has 0 spiro atoms. The molecule has 1 heterocycles. The summed E-state index contributed by atoms with van der Waals surface area (Å²) in [6.45, 7) is 5.93. The van der Waals surface area contributed by atoms with Crippen molar-refractivity contribution in [1.82, 2.24) is 9.99 Å². The quantitative estimate of drug-likeness (QED) is 0.242. The van der Waals surface area contributed by atoms with Gasteiger partial charge >= 0.3 is 5.97 Å². The summed E-state index contributed by atoms with van der Waals surface area (Å²) in [5, 5.41) is 6.13. The molecule has 7 nitrogen and oxygen atoms in total. The molecule has 0 aliphatic heterocycles. The van der Waals surface area contributed by atoms with Crippen molar-refractivity contribution in [2.75, 3.05) is 14.2 Å². The molecule has 4 rings (SSSR count). The number of nitrogens with one attached hydrogen (secondary N) is 1. The number of ether oxygens (including phenoxy) is 2. The van der Waals surface area contributed by atoms with E-state index in [9.17, 15) is 9.59 Å². The number of hydrazone groups is 1. The standard InChI is InChI=1S/C28H27N3O4/c1-17-12-22(28(33)35-5)10-11-25(17)31-18(2)13-23(19(31)3)16-29-30-27(32)24-14-20-8-6-7-9-21(20)15-26(24)34-4/h6-16H,1-5H3,(H,30,32). The zero-order valence-corrected chi connectivity index (χ0v) is 20.4. The van der Waals surface area contributed by atoms with Crippen molar-refractivity contribution in [1.29, 1.82) is 0 Å². The Balaban J connectivity index is 1.57. The predicted octanol–water partition coefficient (Wildman–Crippen LogP) is 5.11. The number of rotatable bonds is 6. The number of hydrogen-bond donors (Lipinski definition) is 1. The fourth-order valence-corrected chi connectivity index (χ4v) is 4.23. The van der Waals surface area contributed by atoms with Crippen molar-refractivity contribution >= 4 is 28.9 Å². The van der Waals surface area contributed by atoms with E-state index in [2.05, 4.69) is 15.1 Å². The van der Waals surface area contributed by atoms with Gasteiger partial charge in [0.15, 0.2) is 0 Å². The van der Waals surface area contributed by atoms with Gasteiger partial charge < -0.3 is 14.0 Å². The van der Waals surface area contributed by atoms with Gasteiger partial charge in [0, 0.05) is 22.6 Å². The minimum atomic E-state index is -0.368. The molecule has 0 aliphatic carbocycles. The number of nitrogens with zero attached hydrogens (tertiary/aromatic N) is 2. The van der Waals surface area contributed by atoms with Crippen LogP contribution in [0.5, 0.6) is 5.75 Å². The van der Waals surface area contributed by atoms with Crippen LogP contribution in [0.1, 0.15) is 43.2 Å². The minimum absolute atomic E-state index is 0.355. The normalized spacial score (nSPS) is 11.1. The third-order valence-electron chi connectivity index (χ3n) is 6.01. The largest absolute Gasteiger partial charge is 0.496 e. The SMILES string of the molecule is COC(=O)c1ccc(-n2c(C)cc(C=NNC(=O)c3cc4ccccc4cc3OC)c2C)c(C)c1. The van der Waals surface area contributed by atoms with Gasteiger partial charge in [-0.15, -0.1) is 0 Å². The number of carbonyl (C=O) groups is 2. The molecule has 0 atom stereocenters. The van der Waals surface area contributed by atoms with E-state index in [-0.39, 0.29) is 11.9 Å². The van der Waals surface area contributed by atoms with Crippen LogP contribution in [0.15, 0.2) is 65.8 Å². The molecule has 0 bridgehead atoms. The molecule has 1 amide bonds. The Labute approximate surface area is 204 Å². The summed E-state index contributed by atoms with van der Waals surface area (Å²) < 4.78 is 12.3. The monoisotopic (exact) mass is 469 g/mol. The van der Waals surface area contributed by atoms with Gasteiger partial charge in [-0.25, -0.2) is 10.2 Å². The number of aryl methyl sites for hydroxylation is 2. The molecule has 1 N–H and O–H groups in total. The second-order valence-electron chi connectivity index (χ2n) is 8.25. The number of methoxy groups -OCH3 is 2. The second kappa shape index (κ2) is 9.85. The zero-order valence-electron chi connectivity index (χ0n) is 20.4. The highest BCUT2D eigenvalue weighted by molar-refractivity contribution is 6.02. The number of carbonyl (C=O) groups excluding carboxylic acids is 2. The van der Waals surface area contributed by atoms with E-state index in [0.717, 1.165) is 39.0 Å². The maximum absolute atomic E-state index is 12.8. The average Bonchev–Trinajstić information content (AvgIpc) is 3.15. The summed E-state index contributed by atoms with van der Waals surface area (Å²) in [5.41, 5.74) is 8.24. The smallest absolute Gasteiger partial charge is 0.337 e. The van der Waals surface area contributed by atoms with Crippen LogP contribution in [0.2, 0.25) is 0 Å². The molecule has 0 radical (unpaired) electrons. The van der Waals surface area contributed by atoms with Crippen LogP contribution in [0.25, 0.3) is 16.5 Å². The fraction of sp³-hybridized carbons (Fsp3) is 0.179. The van der Waals surface area contributed by atoms with E-state index in [1.807, 2.05) is 69.3 Å². The average molecular weight is 470 g/mol. The zero-order chi connectivity index (χ0) is 25.1. The maximum atomic E-state index is 12.8. The molecule has 0 fully saturated rings.